The highest BCUT2D eigenvalue weighted by Gasteiger charge is 2.56. The number of rotatable bonds is 10. The van der Waals surface area contributed by atoms with Gasteiger partial charge in [0.2, 0.25) is 11.8 Å². The molecule has 2 heterocycles. The van der Waals surface area contributed by atoms with Gasteiger partial charge in [-0.25, -0.2) is 4.79 Å². The first kappa shape index (κ1) is 32.0. The summed E-state index contributed by atoms with van der Waals surface area (Å²) in [6, 6.07) is 18.2. The van der Waals surface area contributed by atoms with Gasteiger partial charge in [0.05, 0.1) is 25.2 Å². The van der Waals surface area contributed by atoms with Crippen molar-refractivity contribution < 1.29 is 33.4 Å². The molecule has 0 saturated carbocycles. The number of amides is 3. The smallest absolute Gasteiger partial charge is 0.408 e. The van der Waals surface area contributed by atoms with Crippen LogP contribution in [-0.4, -0.2) is 72.3 Å². The lowest BCUT2D eigenvalue weighted by atomic mass is 9.69. The van der Waals surface area contributed by atoms with Gasteiger partial charge in [-0.2, -0.15) is 0 Å². The standard InChI is InChI=1S/C33H43N3O7/c1-31(2,3)43-30(40)35-32(4,5)28(38)34-26(21-41-19-24-14-10-7-11-15-24)27(37)36-17-16-25-20-42-29(39)33(25,22-36)18-23-12-8-6-9-13-23/h6-15,25-26H,16-22H2,1-5H3,(H,34,38)(H,35,40)/t25?,26-,33?/m1/s1. The quantitative estimate of drug-likeness (QED) is 0.404. The second kappa shape index (κ2) is 13.2. The number of benzene rings is 2. The number of cyclic esters (lactones) is 1. The van der Waals surface area contributed by atoms with Gasteiger partial charge in [-0.05, 0) is 58.6 Å². The Morgan fingerprint density at radius 1 is 1.00 bits per heavy atom. The van der Waals surface area contributed by atoms with Gasteiger partial charge in [-0.3, -0.25) is 14.4 Å². The van der Waals surface area contributed by atoms with E-state index in [2.05, 4.69) is 10.6 Å². The fourth-order valence-corrected chi connectivity index (χ4v) is 5.57. The largest absolute Gasteiger partial charge is 0.465 e. The normalized spacial score (nSPS) is 20.9. The molecule has 232 valence electrons. The molecule has 3 atom stereocenters. The number of piperidine rings is 1. The topological polar surface area (TPSA) is 123 Å². The monoisotopic (exact) mass is 593 g/mol. The van der Waals surface area contributed by atoms with Crippen molar-refractivity contribution in [1.82, 2.24) is 15.5 Å². The highest BCUT2D eigenvalue weighted by atomic mass is 16.6. The third-order valence-corrected chi connectivity index (χ3v) is 7.88. The molecule has 10 heteroatoms. The van der Waals surface area contributed by atoms with Crippen LogP contribution in [0.25, 0.3) is 0 Å². The molecule has 0 radical (unpaired) electrons. The molecule has 43 heavy (non-hydrogen) atoms. The Hall–Kier alpha value is -3.92. The lowest BCUT2D eigenvalue weighted by Gasteiger charge is -2.42. The van der Waals surface area contributed by atoms with Crippen molar-refractivity contribution in [3.8, 4) is 0 Å². The Bertz CT molecular complexity index is 1290. The number of carbonyl (C=O) groups is 4. The molecule has 2 N–H and O–H groups in total. The molecule has 2 unspecified atom stereocenters. The molecule has 10 nitrogen and oxygen atoms in total. The van der Waals surface area contributed by atoms with E-state index in [1.54, 1.807) is 25.7 Å². The van der Waals surface area contributed by atoms with Gasteiger partial charge in [-0.1, -0.05) is 60.7 Å². The highest BCUT2D eigenvalue weighted by molar-refractivity contribution is 5.94. The summed E-state index contributed by atoms with van der Waals surface area (Å²) in [5, 5.41) is 5.39. The van der Waals surface area contributed by atoms with E-state index in [4.69, 9.17) is 14.2 Å². The number of nitrogens with zero attached hydrogens (tertiary/aromatic N) is 1. The molecule has 2 saturated heterocycles. The Morgan fingerprint density at radius 3 is 2.26 bits per heavy atom. The summed E-state index contributed by atoms with van der Waals surface area (Å²) >= 11 is 0. The summed E-state index contributed by atoms with van der Waals surface area (Å²) in [4.78, 5) is 54.8. The minimum Gasteiger partial charge on any atom is -0.465 e. The van der Waals surface area contributed by atoms with E-state index in [1.165, 1.54) is 13.8 Å². The van der Waals surface area contributed by atoms with Gasteiger partial charge >= 0.3 is 12.1 Å². The average Bonchev–Trinajstić information content (AvgIpc) is 3.26. The first-order valence-electron chi connectivity index (χ1n) is 14.7. The second-order valence-electron chi connectivity index (χ2n) is 12.9. The van der Waals surface area contributed by atoms with E-state index in [1.807, 2.05) is 60.7 Å². The van der Waals surface area contributed by atoms with E-state index >= 15 is 0 Å². The van der Waals surface area contributed by atoms with Crippen LogP contribution in [0.2, 0.25) is 0 Å². The molecule has 2 fully saturated rings. The molecule has 0 aliphatic carbocycles. The van der Waals surface area contributed by atoms with Crippen LogP contribution in [0, 0.1) is 11.3 Å². The van der Waals surface area contributed by atoms with Crippen LogP contribution in [0.4, 0.5) is 4.79 Å². The van der Waals surface area contributed by atoms with Gasteiger partial charge in [-0.15, -0.1) is 0 Å². The number of fused-ring (bicyclic) bond motifs is 1. The van der Waals surface area contributed by atoms with Crippen molar-refractivity contribution in [3.05, 3.63) is 71.8 Å². The van der Waals surface area contributed by atoms with Crippen LogP contribution in [0.1, 0.15) is 52.2 Å². The number of esters is 1. The molecule has 2 aliphatic rings. The van der Waals surface area contributed by atoms with Gasteiger partial charge in [0, 0.05) is 19.0 Å². The Balaban J connectivity index is 1.52. The maximum absolute atomic E-state index is 14.1. The predicted octanol–water partition coefficient (Wildman–Crippen LogP) is 3.63. The lowest BCUT2D eigenvalue weighted by Crippen LogP contribution is -2.62. The molecule has 0 spiro atoms. The molecule has 3 amide bonds. The average molecular weight is 594 g/mol. The van der Waals surface area contributed by atoms with Crippen LogP contribution in [0.5, 0.6) is 0 Å². The van der Waals surface area contributed by atoms with Crippen molar-refractivity contribution >= 4 is 23.9 Å². The van der Waals surface area contributed by atoms with Crippen molar-refractivity contribution in [2.24, 2.45) is 11.3 Å². The second-order valence-corrected chi connectivity index (χ2v) is 12.9. The molecule has 4 rings (SSSR count). The predicted molar refractivity (Wildman–Crippen MR) is 160 cm³/mol. The summed E-state index contributed by atoms with van der Waals surface area (Å²) in [5.41, 5.74) is -1.09. The summed E-state index contributed by atoms with van der Waals surface area (Å²) < 4.78 is 16.8. The lowest BCUT2D eigenvalue weighted by molar-refractivity contribution is -0.152. The minimum atomic E-state index is -1.39. The maximum Gasteiger partial charge on any atom is 0.408 e. The van der Waals surface area contributed by atoms with Crippen LogP contribution in [0.3, 0.4) is 0 Å². The highest BCUT2D eigenvalue weighted by Crippen LogP contribution is 2.44. The number of hydrogen-bond donors (Lipinski definition) is 2. The summed E-state index contributed by atoms with van der Waals surface area (Å²) in [7, 11) is 0. The van der Waals surface area contributed by atoms with Gasteiger partial charge < -0.3 is 29.7 Å². The Labute approximate surface area is 253 Å². The SMILES string of the molecule is CC(C)(C)OC(=O)NC(C)(C)C(=O)N[C@H](COCc1ccccc1)C(=O)N1CCC2COC(=O)C2(Cc2ccccc2)C1. The third kappa shape index (κ3) is 8.13. The van der Waals surface area contributed by atoms with Crippen LogP contribution in [0.15, 0.2) is 60.7 Å². The number of nitrogens with one attached hydrogen (secondary N) is 2. The fourth-order valence-electron chi connectivity index (χ4n) is 5.57. The molecular weight excluding hydrogens is 550 g/mol. The van der Waals surface area contributed by atoms with E-state index in [-0.39, 0.29) is 37.6 Å². The number of hydrogen-bond acceptors (Lipinski definition) is 7. The molecular formula is C33H43N3O7. The van der Waals surface area contributed by atoms with Gasteiger partial charge in [0.1, 0.15) is 17.2 Å². The van der Waals surface area contributed by atoms with E-state index in [0.717, 1.165) is 11.1 Å². The zero-order chi connectivity index (χ0) is 31.3. The zero-order valence-corrected chi connectivity index (χ0v) is 25.7. The molecule has 2 aliphatic heterocycles. The molecule has 2 aromatic carbocycles. The summed E-state index contributed by atoms with van der Waals surface area (Å²) in [6.07, 6.45) is 0.303. The van der Waals surface area contributed by atoms with Gasteiger partial charge in [0.25, 0.3) is 0 Å². The number of ether oxygens (including phenoxy) is 3. The Kier molecular flexibility index (Phi) is 9.79. The molecule has 0 aromatic heterocycles. The van der Waals surface area contributed by atoms with E-state index in [9.17, 15) is 19.2 Å². The number of alkyl carbamates (subject to hydrolysis) is 1. The van der Waals surface area contributed by atoms with Crippen LogP contribution in [-0.2, 0) is 41.6 Å². The van der Waals surface area contributed by atoms with Crippen molar-refractivity contribution in [2.75, 3.05) is 26.3 Å². The Morgan fingerprint density at radius 2 is 1.63 bits per heavy atom. The fraction of sp³-hybridized carbons (Fsp3) is 0.515. The summed E-state index contributed by atoms with van der Waals surface area (Å²) in [6.45, 7) is 9.32. The third-order valence-electron chi connectivity index (χ3n) is 7.88. The van der Waals surface area contributed by atoms with E-state index < -0.39 is 34.6 Å². The first-order valence-corrected chi connectivity index (χ1v) is 14.7. The molecule has 0 bridgehead atoms. The van der Waals surface area contributed by atoms with Crippen molar-refractivity contribution in [3.63, 3.8) is 0 Å². The number of likely N-dealkylation sites (tertiary alicyclic amines) is 1. The zero-order valence-electron chi connectivity index (χ0n) is 25.7. The first-order chi connectivity index (χ1) is 20.3. The van der Waals surface area contributed by atoms with Crippen LogP contribution < -0.4 is 10.6 Å². The van der Waals surface area contributed by atoms with E-state index in [0.29, 0.717) is 26.0 Å². The van der Waals surface area contributed by atoms with Crippen molar-refractivity contribution in [2.45, 2.75) is 71.2 Å². The molecule has 2 aromatic rings. The van der Waals surface area contributed by atoms with Crippen molar-refractivity contribution in [1.29, 1.82) is 0 Å². The maximum atomic E-state index is 14.1. The van der Waals surface area contributed by atoms with Gasteiger partial charge in [0.15, 0.2) is 0 Å². The number of carbonyl (C=O) groups excluding carboxylic acids is 4. The summed E-state index contributed by atoms with van der Waals surface area (Å²) in [5.74, 6) is -1.25. The van der Waals surface area contributed by atoms with Crippen LogP contribution >= 0.6 is 0 Å². The minimum absolute atomic E-state index is 0.0106.